The van der Waals surface area contributed by atoms with Gasteiger partial charge in [0.2, 0.25) is 0 Å². The molecule has 1 aromatic heterocycles. The Hall–Kier alpha value is -3.58. The van der Waals surface area contributed by atoms with Gasteiger partial charge in [0.15, 0.2) is 5.60 Å². The van der Waals surface area contributed by atoms with Gasteiger partial charge in [-0.2, -0.15) is 26.3 Å². The van der Waals surface area contributed by atoms with E-state index in [0.717, 1.165) is 18.9 Å². The molecule has 7 nitrogen and oxygen atoms in total. The number of rotatable bonds is 7. The zero-order valence-electron chi connectivity index (χ0n) is 21.5. The Bertz CT molecular complexity index is 1230. The van der Waals surface area contributed by atoms with E-state index in [0.29, 0.717) is 30.8 Å². The Balaban J connectivity index is 1.36. The van der Waals surface area contributed by atoms with Crippen molar-refractivity contribution in [2.45, 2.75) is 75.6 Å². The Morgan fingerprint density at radius 3 is 2.23 bits per heavy atom. The molecule has 4 rings (SSSR count). The average molecular weight is 577 g/mol. The number of carbonyl (C=O) groups is 2. The fourth-order valence-corrected chi connectivity index (χ4v) is 5.11. The number of amides is 2. The van der Waals surface area contributed by atoms with Gasteiger partial charge in [-0.05, 0) is 69.9 Å². The summed E-state index contributed by atoms with van der Waals surface area (Å²) in [4.78, 5) is 31.3. The molecule has 0 aliphatic carbocycles. The second kappa shape index (κ2) is 10.8. The van der Waals surface area contributed by atoms with Crippen molar-refractivity contribution < 1.29 is 45.1 Å². The van der Waals surface area contributed by atoms with Crippen LogP contribution in [0.4, 0.5) is 36.6 Å². The smallest absolute Gasteiger partial charge is 0.419 e. The van der Waals surface area contributed by atoms with Crippen LogP contribution >= 0.6 is 0 Å². The molecule has 3 heterocycles. The SMILES string of the molecule is CC(C)(Oc1ccc(F)c(C(F)(F)F)c1)C(=O)NC1CC2CCC(C1)N2c1ccc(C(=O)NCC(F)(F)F)cn1. The lowest BCUT2D eigenvalue weighted by molar-refractivity contribution is -0.140. The lowest BCUT2D eigenvalue weighted by Gasteiger charge is -2.40. The summed E-state index contributed by atoms with van der Waals surface area (Å²) in [5, 5.41) is 4.70. The van der Waals surface area contributed by atoms with E-state index in [2.05, 4.69) is 15.2 Å². The standard InChI is InChI=1S/C26H27F7N4O3/c1-24(2,40-18-6-7-20(27)19(11-18)26(31,32)33)23(39)36-15-9-16-4-5-17(10-15)37(16)21-8-3-14(12-34-21)22(38)35-13-25(28,29)30/h3,6-8,11-12,15-17H,4-5,9-10,13H2,1-2H3,(H,35,38)(H,36,39). The molecule has 0 radical (unpaired) electrons. The summed E-state index contributed by atoms with van der Waals surface area (Å²) in [6.45, 7) is 1.36. The molecular formula is C26H27F7N4O3. The Kier molecular flexibility index (Phi) is 7.92. The summed E-state index contributed by atoms with van der Waals surface area (Å²) < 4.78 is 95.3. The number of piperidine rings is 1. The number of alkyl halides is 6. The molecule has 2 aliphatic heterocycles. The van der Waals surface area contributed by atoms with Crippen LogP contribution in [0.25, 0.3) is 0 Å². The number of hydrogen-bond donors (Lipinski definition) is 2. The molecule has 40 heavy (non-hydrogen) atoms. The summed E-state index contributed by atoms with van der Waals surface area (Å²) in [6, 6.07) is 4.89. The summed E-state index contributed by atoms with van der Waals surface area (Å²) in [7, 11) is 0. The minimum absolute atomic E-state index is 0.00284. The number of fused-ring (bicyclic) bond motifs is 2. The zero-order valence-corrected chi connectivity index (χ0v) is 21.5. The van der Waals surface area contributed by atoms with E-state index in [1.54, 1.807) is 11.4 Å². The number of aromatic nitrogens is 1. The molecule has 2 bridgehead atoms. The first-order chi connectivity index (χ1) is 18.5. The maximum atomic E-state index is 13.6. The topological polar surface area (TPSA) is 83.6 Å². The highest BCUT2D eigenvalue weighted by Crippen LogP contribution is 2.39. The van der Waals surface area contributed by atoms with E-state index in [1.807, 2.05) is 0 Å². The maximum absolute atomic E-state index is 13.6. The van der Waals surface area contributed by atoms with Crippen molar-refractivity contribution in [2.24, 2.45) is 0 Å². The van der Waals surface area contributed by atoms with Crippen LogP contribution in [0.15, 0.2) is 36.5 Å². The fraction of sp³-hybridized carbons (Fsp3) is 0.500. The van der Waals surface area contributed by atoms with Gasteiger partial charge < -0.3 is 20.3 Å². The molecule has 2 saturated heterocycles. The number of carbonyl (C=O) groups excluding carboxylic acids is 2. The van der Waals surface area contributed by atoms with E-state index in [9.17, 15) is 40.3 Å². The summed E-state index contributed by atoms with van der Waals surface area (Å²) in [6.07, 6.45) is -5.53. The average Bonchev–Trinajstić information content (AvgIpc) is 3.12. The van der Waals surface area contributed by atoms with Crippen LogP contribution in [0.3, 0.4) is 0 Å². The largest absolute Gasteiger partial charge is 0.478 e. The van der Waals surface area contributed by atoms with Gasteiger partial charge in [0, 0.05) is 24.3 Å². The van der Waals surface area contributed by atoms with Crippen LogP contribution in [0.2, 0.25) is 0 Å². The molecule has 2 aromatic rings. The number of pyridine rings is 1. The second-order valence-corrected chi connectivity index (χ2v) is 10.4. The van der Waals surface area contributed by atoms with Crippen molar-refractivity contribution in [2.75, 3.05) is 11.4 Å². The maximum Gasteiger partial charge on any atom is 0.419 e. The van der Waals surface area contributed by atoms with E-state index >= 15 is 0 Å². The van der Waals surface area contributed by atoms with Crippen molar-refractivity contribution in [3.05, 3.63) is 53.5 Å². The first-order valence-corrected chi connectivity index (χ1v) is 12.5. The zero-order chi connectivity index (χ0) is 29.5. The predicted molar refractivity (Wildman–Crippen MR) is 129 cm³/mol. The molecule has 14 heteroatoms. The van der Waals surface area contributed by atoms with Crippen LogP contribution in [0.5, 0.6) is 5.75 Å². The third-order valence-electron chi connectivity index (χ3n) is 6.96. The number of anilines is 1. The van der Waals surface area contributed by atoms with Crippen LogP contribution in [0, 0.1) is 5.82 Å². The molecule has 2 aliphatic rings. The fourth-order valence-electron chi connectivity index (χ4n) is 5.11. The van der Waals surface area contributed by atoms with Crippen LogP contribution in [0.1, 0.15) is 55.5 Å². The van der Waals surface area contributed by atoms with Gasteiger partial charge in [-0.15, -0.1) is 0 Å². The van der Waals surface area contributed by atoms with Gasteiger partial charge in [0.25, 0.3) is 11.8 Å². The number of halogens is 7. The Labute approximate surface area is 225 Å². The first kappa shape index (κ1) is 29.4. The predicted octanol–water partition coefficient (Wildman–Crippen LogP) is 5.01. The first-order valence-electron chi connectivity index (χ1n) is 12.5. The van der Waals surface area contributed by atoms with E-state index in [4.69, 9.17) is 4.74 Å². The highest BCUT2D eigenvalue weighted by molar-refractivity contribution is 5.94. The molecule has 218 valence electrons. The monoisotopic (exact) mass is 576 g/mol. The highest BCUT2D eigenvalue weighted by atomic mass is 19.4. The third-order valence-corrected chi connectivity index (χ3v) is 6.96. The van der Waals surface area contributed by atoms with Crippen molar-refractivity contribution in [3.63, 3.8) is 0 Å². The van der Waals surface area contributed by atoms with Gasteiger partial charge >= 0.3 is 12.4 Å². The molecular weight excluding hydrogens is 549 g/mol. The number of ether oxygens (including phenoxy) is 1. The van der Waals surface area contributed by atoms with E-state index in [-0.39, 0.29) is 29.4 Å². The second-order valence-electron chi connectivity index (χ2n) is 10.4. The number of benzene rings is 1. The van der Waals surface area contributed by atoms with Crippen LogP contribution in [-0.4, -0.2) is 53.2 Å². The number of nitrogens with zero attached hydrogens (tertiary/aromatic N) is 2. The van der Waals surface area contributed by atoms with Gasteiger partial charge in [0.1, 0.15) is 23.9 Å². The van der Waals surface area contributed by atoms with Crippen molar-refractivity contribution in [3.8, 4) is 5.75 Å². The molecule has 0 spiro atoms. The molecule has 2 atom stereocenters. The van der Waals surface area contributed by atoms with Gasteiger partial charge in [-0.1, -0.05) is 0 Å². The van der Waals surface area contributed by atoms with Crippen LogP contribution < -0.4 is 20.3 Å². The molecule has 2 fully saturated rings. The van der Waals surface area contributed by atoms with Gasteiger partial charge in [-0.3, -0.25) is 9.59 Å². The van der Waals surface area contributed by atoms with Crippen molar-refractivity contribution in [1.29, 1.82) is 0 Å². The van der Waals surface area contributed by atoms with E-state index in [1.165, 1.54) is 26.1 Å². The molecule has 2 unspecified atom stereocenters. The number of hydrogen-bond acceptors (Lipinski definition) is 5. The Morgan fingerprint density at radius 1 is 1.02 bits per heavy atom. The third kappa shape index (κ3) is 6.76. The molecule has 0 saturated carbocycles. The highest BCUT2D eigenvalue weighted by Gasteiger charge is 2.43. The van der Waals surface area contributed by atoms with Gasteiger partial charge in [0.05, 0.1) is 11.1 Å². The number of nitrogens with one attached hydrogen (secondary N) is 2. The van der Waals surface area contributed by atoms with Crippen molar-refractivity contribution in [1.82, 2.24) is 15.6 Å². The van der Waals surface area contributed by atoms with E-state index < -0.39 is 47.7 Å². The quantitative estimate of drug-likeness (QED) is 0.454. The van der Waals surface area contributed by atoms with Gasteiger partial charge in [-0.25, -0.2) is 9.37 Å². The summed E-state index contributed by atoms with van der Waals surface area (Å²) >= 11 is 0. The Morgan fingerprint density at radius 2 is 1.68 bits per heavy atom. The lowest BCUT2D eigenvalue weighted by atomic mass is 9.96. The normalized spacial score (nSPS) is 21.2. The van der Waals surface area contributed by atoms with Crippen molar-refractivity contribution >= 4 is 17.6 Å². The lowest BCUT2D eigenvalue weighted by Crippen LogP contribution is -2.55. The molecule has 1 aromatic carbocycles. The summed E-state index contributed by atoms with van der Waals surface area (Å²) in [5.41, 5.74) is -3.05. The molecule has 2 amide bonds. The minimum atomic E-state index is -4.92. The minimum Gasteiger partial charge on any atom is -0.478 e. The molecule has 2 N–H and O–H groups in total. The summed E-state index contributed by atoms with van der Waals surface area (Å²) in [5.74, 6) is -2.62. The van der Waals surface area contributed by atoms with Crippen LogP contribution in [-0.2, 0) is 11.0 Å².